The highest BCUT2D eigenvalue weighted by molar-refractivity contribution is 6.89. The Morgan fingerprint density at radius 2 is 1.58 bits per heavy atom. The number of hydrogen-bond acceptors (Lipinski definition) is 5. The van der Waals surface area contributed by atoms with Crippen LogP contribution in [0.1, 0.15) is 116 Å². The molecule has 52 heavy (non-hydrogen) atoms. The molecule has 1 fully saturated rings. The number of carbonyl (C=O) groups is 2. The van der Waals surface area contributed by atoms with Crippen molar-refractivity contribution in [3.05, 3.63) is 77.9 Å². The Morgan fingerprint density at radius 1 is 0.942 bits per heavy atom. The summed E-state index contributed by atoms with van der Waals surface area (Å²) >= 11 is 0. The smallest absolute Gasteiger partial charge is 0.305 e. The van der Waals surface area contributed by atoms with E-state index in [-0.39, 0.29) is 41.4 Å². The average molecular weight is 757 g/mol. The minimum absolute atomic E-state index is 0. The summed E-state index contributed by atoms with van der Waals surface area (Å²) in [6.07, 6.45) is 13.8. The first-order chi connectivity index (χ1) is 24.0. The molecule has 3 rings (SSSR count). The van der Waals surface area contributed by atoms with E-state index in [0.29, 0.717) is 25.0 Å². The number of nitrogens with zero attached hydrogens (tertiary/aromatic N) is 1. The Balaban J connectivity index is 0.00000936. The predicted molar refractivity (Wildman–Crippen MR) is 213 cm³/mol. The SMILES string of the molecule is CCCCC(C)(O)C/C=C/[C@H]1[C@H](O[Si](CCc2ccc(C[N+](C)(C)C)cc2)(c2ccccc2)C(C)(C)C)CC(=O)[C@@H]1CCCCCCC(=O)OC.[Cl-]. The quantitative estimate of drug-likeness (QED) is 0.0550. The van der Waals surface area contributed by atoms with Gasteiger partial charge in [-0.3, -0.25) is 9.59 Å². The first-order valence-corrected chi connectivity index (χ1v) is 21.7. The molecule has 1 saturated carbocycles. The number of benzene rings is 2. The summed E-state index contributed by atoms with van der Waals surface area (Å²) in [5, 5.41) is 12.3. The molecule has 1 aliphatic carbocycles. The summed E-state index contributed by atoms with van der Waals surface area (Å²) in [4.78, 5) is 25.5. The van der Waals surface area contributed by atoms with Gasteiger partial charge in [0.1, 0.15) is 12.3 Å². The van der Waals surface area contributed by atoms with Crippen molar-refractivity contribution in [1.29, 1.82) is 0 Å². The highest BCUT2D eigenvalue weighted by atomic mass is 35.5. The van der Waals surface area contributed by atoms with E-state index in [9.17, 15) is 14.7 Å². The van der Waals surface area contributed by atoms with Gasteiger partial charge in [-0.15, -0.1) is 0 Å². The van der Waals surface area contributed by atoms with Gasteiger partial charge in [-0.25, -0.2) is 0 Å². The van der Waals surface area contributed by atoms with Crippen LogP contribution in [-0.2, 0) is 31.7 Å². The van der Waals surface area contributed by atoms with E-state index in [4.69, 9.17) is 9.16 Å². The molecular weight excluding hydrogens is 686 g/mol. The Kier molecular flexibility index (Phi) is 18.5. The van der Waals surface area contributed by atoms with Crippen LogP contribution in [-0.4, -0.2) is 69.6 Å². The number of ketones is 1. The van der Waals surface area contributed by atoms with Crippen LogP contribution in [0, 0.1) is 11.8 Å². The molecule has 0 radical (unpaired) electrons. The zero-order valence-corrected chi connectivity index (χ0v) is 35.6. The lowest BCUT2D eigenvalue weighted by Crippen LogP contribution is -3.00. The number of hydrogen-bond donors (Lipinski definition) is 1. The van der Waals surface area contributed by atoms with Gasteiger partial charge in [0.2, 0.25) is 8.32 Å². The number of aliphatic hydroxyl groups is 1. The molecule has 0 spiro atoms. The molecule has 1 aliphatic rings. The summed E-state index contributed by atoms with van der Waals surface area (Å²) < 4.78 is 13.3. The zero-order chi connectivity index (χ0) is 37.7. The van der Waals surface area contributed by atoms with Gasteiger partial charge in [-0.1, -0.05) is 127 Å². The standard InChI is InChI=1S/C44H70NO5Si.ClH/c1-10-11-30-44(5,48)31-19-23-39-38(22-17-12-13-18-24-42(47)49-9)40(46)33-41(39)50-51(43(2,3)4,37-20-15-14-16-21-37)32-29-35-25-27-36(28-26-35)34-45(6,7)8;/h14-16,19-21,23,25-28,38-39,41,48H,10-13,17-18,22,24,29-34H2,1-9H3;1H/q+1;/p-1/b23-19+;/t38-,39-,41-,44?,51?;/m1./s1. The van der Waals surface area contributed by atoms with E-state index < -0.39 is 13.9 Å². The Bertz CT molecular complexity index is 1380. The van der Waals surface area contributed by atoms with E-state index >= 15 is 0 Å². The fourth-order valence-electron chi connectivity index (χ4n) is 7.82. The molecule has 6 nitrogen and oxygen atoms in total. The van der Waals surface area contributed by atoms with Crippen LogP contribution in [0.4, 0.5) is 0 Å². The minimum atomic E-state index is -2.71. The highest BCUT2D eigenvalue weighted by Gasteiger charge is 2.52. The lowest BCUT2D eigenvalue weighted by molar-refractivity contribution is -0.884. The summed E-state index contributed by atoms with van der Waals surface area (Å²) in [7, 11) is 5.38. The van der Waals surface area contributed by atoms with Crippen molar-refractivity contribution < 1.29 is 40.7 Å². The second kappa shape index (κ2) is 21.0. The topological polar surface area (TPSA) is 72.8 Å². The maximum atomic E-state index is 13.9. The molecule has 2 aromatic carbocycles. The van der Waals surface area contributed by atoms with Crippen molar-refractivity contribution in [2.75, 3.05) is 28.3 Å². The lowest BCUT2D eigenvalue weighted by atomic mass is 9.87. The second-order valence-electron chi connectivity index (χ2n) is 17.5. The van der Waals surface area contributed by atoms with Gasteiger partial charge in [0, 0.05) is 30.2 Å². The summed E-state index contributed by atoms with van der Waals surface area (Å²) in [6, 6.07) is 20.9. The van der Waals surface area contributed by atoms with Crippen LogP contribution in [0.3, 0.4) is 0 Å². The summed E-state index contributed by atoms with van der Waals surface area (Å²) in [5.41, 5.74) is 1.89. The third kappa shape index (κ3) is 14.2. The first kappa shape index (κ1) is 45.9. The molecule has 0 amide bonds. The molecule has 0 aromatic heterocycles. The maximum Gasteiger partial charge on any atom is 0.305 e. The molecule has 0 saturated heterocycles. The number of ether oxygens (including phenoxy) is 1. The number of esters is 1. The van der Waals surface area contributed by atoms with E-state index in [0.717, 1.165) is 74.9 Å². The minimum Gasteiger partial charge on any atom is -1.00 e. The molecule has 0 aliphatic heterocycles. The molecule has 292 valence electrons. The maximum absolute atomic E-state index is 13.9. The van der Waals surface area contributed by atoms with Crippen LogP contribution in [0.25, 0.3) is 0 Å². The number of Topliss-reactive ketones (excluding diaryl/α,β-unsaturated/α-hetero) is 1. The molecule has 2 unspecified atom stereocenters. The number of unbranched alkanes of at least 4 members (excludes halogenated alkanes) is 4. The molecular formula is C44H70ClNO5Si. The van der Waals surface area contributed by atoms with E-state index in [2.05, 4.69) is 116 Å². The average Bonchev–Trinajstić information content (AvgIpc) is 3.35. The molecule has 0 heterocycles. The number of methoxy groups -OCH3 is 1. The van der Waals surface area contributed by atoms with Gasteiger partial charge >= 0.3 is 5.97 Å². The largest absolute Gasteiger partial charge is 1.00 e. The van der Waals surface area contributed by atoms with Crippen molar-refractivity contribution in [2.24, 2.45) is 11.8 Å². The fraction of sp³-hybridized carbons (Fsp3) is 0.636. The lowest BCUT2D eigenvalue weighted by Gasteiger charge is -2.45. The monoisotopic (exact) mass is 755 g/mol. The van der Waals surface area contributed by atoms with Crippen LogP contribution < -0.4 is 17.6 Å². The Hall–Kier alpha value is -2.29. The first-order valence-electron chi connectivity index (χ1n) is 19.6. The van der Waals surface area contributed by atoms with Gasteiger partial charge in [-0.2, -0.15) is 0 Å². The van der Waals surface area contributed by atoms with Gasteiger partial charge in [0.15, 0.2) is 0 Å². The van der Waals surface area contributed by atoms with Gasteiger partial charge in [0.05, 0.1) is 40.0 Å². The van der Waals surface area contributed by atoms with Crippen LogP contribution in [0.2, 0.25) is 11.1 Å². The van der Waals surface area contributed by atoms with Gasteiger partial charge in [0.25, 0.3) is 0 Å². The van der Waals surface area contributed by atoms with Crippen LogP contribution in [0.5, 0.6) is 0 Å². The van der Waals surface area contributed by atoms with Crippen molar-refractivity contribution in [2.45, 2.75) is 141 Å². The predicted octanol–water partition coefficient (Wildman–Crippen LogP) is 6.08. The number of halogens is 1. The van der Waals surface area contributed by atoms with Crippen LogP contribution in [0.15, 0.2) is 66.7 Å². The zero-order valence-electron chi connectivity index (χ0n) is 33.9. The van der Waals surface area contributed by atoms with Crippen molar-refractivity contribution >= 4 is 25.3 Å². The van der Waals surface area contributed by atoms with E-state index in [1.807, 2.05) is 6.92 Å². The molecule has 8 heteroatoms. The number of quaternary nitrogens is 1. The third-order valence-corrected chi connectivity index (χ3v) is 16.2. The van der Waals surface area contributed by atoms with Crippen molar-refractivity contribution in [1.82, 2.24) is 0 Å². The van der Waals surface area contributed by atoms with Crippen LogP contribution >= 0.6 is 0 Å². The van der Waals surface area contributed by atoms with E-state index in [1.54, 1.807) is 0 Å². The normalized spacial score (nSPS) is 20.3. The summed E-state index contributed by atoms with van der Waals surface area (Å²) in [5.74, 6) is -0.0200. The molecule has 1 N–H and O–H groups in total. The molecule has 5 atom stereocenters. The number of rotatable bonds is 21. The van der Waals surface area contributed by atoms with Crippen molar-refractivity contribution in [3.63, 3.8) is 0 Å². The van der Waals surface area contributed by atoms with E-state index in [1.165, 1.54) is 23.4 Å². The summed E-state index contributed by atoms with van der Waals surface area (Å²) in [6.45, 7) is 12.0. The molecule has 0 bridgehead atoms. The highest BCUT2D eigenvalue weighted by Crippen LogP contribution is 2.45. The fourth-order valence-corrected chi connectivity index (χ4v) is 12.5. The molecule has 2 aromatic rings. The number of aryl methyl sites for hydroxylation is 1. The van der Waals surface area contributed by atoms with Gasteiger partial charge in [-0.05, 0) is 60.9 Å². The Labute approximate surface area is 323 Å². The third-order valence-electron chi connectivity index (χ3n) is 10.8. The van der Waals surface area contributed by atoms with Crippen molar-refractivity contribution in [3.8, 4) is 0 Å². The number of carbonyl (C=O) groups excluding carboxylic acids is 2. The second-order valence-corrected chi connectivity index (χ2v) is 21.9. The Morgan fingerprint density at radius 3 is 2.17 bits per heavy atom. The van der Waals surface area contributed by atoms with Gasteiger partial charge < -0.3 is 31.2 Å².